The third kappa shape index (κ3) is 7.21. The number of fused-ring (bicyclic) bond motifs is 1. The van der Waals surface area contributed by atoms with Gasteiger partial charge in [-0.3, -0.25) is 9.69 Å². The molecule has 0 N–H and O–H groups in total. The fourth-order valence-corrected chi connectivity index (χ4v) is 5.20. The van der Waals surface area contributed by atoms with Crippen molar-refractivity contribution in [2.45, 2.75) is 38.5 Å². The number of aromatic nitrogens is 1. The molecule has 0 saturated carbocycles. The van der Waals surface area contributed by atoms with Crippen LogP contribution < -0.4 is 4.90 Å². The van der Waals surface area contributed by atoms with E-state index in [1.807, 2.05) is 30.8 Å². The van der Waals surface area contributed by atoms with Crippen LogP contribution in [0.15, 0.2) is 41.3 Å². The summed E-state index contributed by atoms with van der Waals surface area (Å²) in [4.78, 5) is 23.2. The lowest BCUT2D eigenvalue weighted by Crippen LogP contribution is -2.36. The highest BCUT2D eigenvalue weighted by Crippen LogP contribution is 2.32. The standard InChI is InChI=1S/C24H31N3OS2.ClH/c1-17-8-10-20(11-9-17)29-14-6-7-22(28)27(13-12-26(4)5)24-25-21-16-18(2)15-19(3)23(21)30-24;/h8-11,15-16H,6-7,12-14H2,1-5H3;1H. The fourth-order valence-electron chi connectivity index (χ4n) is 3.29. The van der Waals surface area contributed by atoms with Crippen LogP contribution in [0, 0.1) is 20.8 Å². The number of likely N-dealkylation sites (N-methyl/N-ethyl adjacent to an activating group) is 1. The number of carbonyl (C=O) groups excluding carboxylic acids is 1. The number of hydrogen-bond donors (Lipinski definition) is 0. The van der Waals surface area contributed by atoms with E-state index in [-0.39, 0.29) is 18.3 Å². The molecule has 1 amide bonds. The van der Waals surface area contributed by atoms with Gasteiger partial charge in [0.15, 0.2) is 5.13 Å². The van der Waals surface area contributed by atoms with Gasteiger partial charge in [-0.2, -0.15) is 0 Å². The second kappa shape index (κ2) is 11.9. The highest BCUT2D eigenvalue weighted by molar-refractivity contribution is 7.99. The zero-order valence-electron chi connectivity index (χ0n) is 19.0. The molecule has 1 heterocycles. The molecule has 0 bridgehead atoms. The van der Waals surface area contributed by atoms with E-state index in [0.29, 0.717) is 13.0 Å². The second-order valence-corrected chi connectivity index (χ2v) is 10.2. The maximum atomic E-state index is 13.1. The molecule has 0 atom stereocenters. The molecule has 1 aromatic heterocycles. The van der Waals surface area contributed by atoms with Crippen LogP contribution in [-0.2, 0) is 4.79 Å². The highest BCUT2D eigenvalue weighted by atomic mass is 35.5. The Morgan fingerprint density at radius 2 is 1.74 bits per heavy atom. The average Bonchev–Trinajstić information content (AvgIpc) is 3.10. The van der Waals surface area contributed by atoms with Crippen molar-refractivity contribution in [3.8, 4) is 0 Å². The van der Waals surface area contributed by atoms with Gasteiger partial charge in [0, 0.05) is 24.4 Å². The summed E-state index contributed by atoms with van der Waals surface area (Å²) in [6.45, 7) is 7.78. The van der Waals surface area contributed by atoms with Crippen LogP contribution >= 0.6 is 35.5 Å². The van der Waals surface area contributed by atoms with Crippen molar-refractivity contribution >= 4 is 56.8 Å². The first-order chi connectivity index (χ1) is 14.3. The molecule has 0 aliphatic rings. The van der Waals surface area contributed by atoms with Crippen LogP contribution in [0.4, 0.5) is 5.13 Å². The number of carbonyl (C=O) groups is 1. The maximum absolute atomic E-state index is 13.1. The summed E-state index contributed by atoms with van der Waals surface area (Å²) in [5, 5.41) is 0.816. The molecule has 2 aromatic carbocycles. The van der Waals surface area contributed by atoms with E-state index in [0.717, 1.165) is 29.4 Å². The molecular formula is C24H32ClN3OS2. The van der Waals surface area contributed by atoms with Crippen LogP contribution in [0.1, 0.15) is 29.5 Å². The topological polar surface area (TPSA) is 36.4 Å². The lowest BCUT2D eigenvalue weighted by Gasteiger charge is -2.22. The minimum Gasteiger partial charge on any atom is -0.308 e. The molecule has 3 aromatic rings. The predicted octanol–water partition coefficient (Wildman–Crippen LogP) is 6.11. The van der Waals surface area contributed by atoms with Crippen molar-refractivity contribution in [1.29, 1.82) is 0 Å². The average molecular weight is 478 g/mol. The number of benzene rings is 2. The van der Waals surface area contributed by atoms with Crippen molar-refractivity contribution in [1.82, 2.24) is 9.88 Å². The normalized spacial score (nSPS) is 11.0. The van der Waals surface area contributed by atoms with Gasteiger partial charge in [0.05, 0.1) is 10.2 Å². The zero-order valence-corrected chi connectivity index (χ0v) is 21.4. The first-order valence-electron chi connectivity index (χ1n) is 10.4. The van der Waals surface area contributed by atoms with Crippen molar-refractivity contribution in [3.63, 3.8) is 0 Å². The first kappa shape index (κ1) is 25.7. The third-order valence-corrected chi connectivity index (χ3v) is 7.26. The smallest absolute Gasteiger partial charge is 0.228 e. The molecule has 0 aliphatic heterocycles. The van der Waals surface area contributed by atoms with Gasteiger partial charge in [-0.25, -0.2) is 4.98 Å². The van der Waals surface area contributed by atoms with Gasteiger partial charge in [-0.15, -0.1) is 24.2 Å². The van der Waals surface area contributed by atoms with E-state index in [1.165, 1.54) is 26.3 Å². The Hall–Kier alpha value is -1.60. The number of thiazole rings is 1. The Morgan fingerprint density at radius 1 is 1.03 bits per heavy atom. The molecule has 0 spiro atoms. The molecular weight excluding hydrogens is 446 g/mol. The van der Waals surface area contributed by atoms with Gasteiger partial charge in [0.2, 0.25) is 5.91 Å². The van der Waals surface area contributed by atoms with Gasteiger partial charge in [-0.1, -0.05) is 35.1 Å². The summed E-state index contributed by atoms with van der Waals surface area (Å²) >= 11 is 3.44. The van der Waals surface area contributed by atoms with E-state index >= 15 is 0 Å². The monoisotopic (exact) mass is 477 g/mol. The quantitative estimate of drug-likeness (QED) is 0.275. The molecule has 3 rings (SSSR count). The number of thioether (sulfide) groups is 1. The number of rotatable bonds is 9. The third-order valence-electron chi connectivity index (χ3n) is 4.94. The van der Waals surface area contributed by atoms with E-state index in [1.54, 1.807) is 11.3 Å². The van der Waals surface area contributed by atoms with Gasteiger partial charge in [0.1, 0.15) is 0 Å². The molecule has 0 aliphatic carbocycles. The Kier molecular flexibility index (Phi) is 9.82. The summed E-state index contributed by atoms with van der Waals surface area (Å²) < 4.78 is 1.17. The van der Waals surface area contributed by atoms with Crippen LogP contribution in [0.2, 0.25) is 0 Å². The number of hydrogen-bond acceptors (Lipinski definition) is 5. The minimum absolute atomic E-state index is 0. The van der Waals surface area contributed by atoms with Gasteiger partial charge < -0.3 is 4.90 Å². The summed E-state index contributed by atoms with van der Waals surface area (Å²) in [6, 6.07) is 12.8. The maximum Gasteiger partial charge on any atom is 0.228 e. The Balaban J connectivity index is 0.00000341. The van der Waals surface area contributed by atoms with Crippen LogP contribution in [0.5, 0.6) is 0 Å². The number of anilines is 1. The molecule has 0 unspecified atom stereocenters. The van der Waals surface area contributed by atoms with Crippen molar-refractivity contribution in [2.75, 3.05) is 37.8 Å². The van der Waals surface area contributed by atoms with Crippen molar-refractivity contribution < 1.29 is 4.79 Å². The van der Waals surface area contributed by atoms with Crippen LogP contribution in [0.25, 0.3) is 10.2 Å². The van der Waals surface area contributed by atoms with E-state index in [4.69, 9.17) is 4.98 Å². The largest absolute Gasteiger partial charge is 0.308 e. The van der Waals surface area contributed by atoms with E-state index < -0.39 is 0 Å². The Bertz CT molecular complexity index is 1000. The lowest BCUT2D eigenvalue weighted by molar-refractivity contribution is -0.118. The van der Waals surface area contributed by atoms with Crippen LogP contribution in [-0.4, -0.2) is 48.7 Å². The predicted molar refractivity (Wildman–Crippen MR) is 138 cm³/mol. The summed E-state index contributed by atoms with van der Waals surface area (Å²) in [5.74, 6) is 1.10. The lowest BCUT2D eigenvalue weighted by atomic mass is 10.1. The summed E-state index contributed by atoms with van der Waals surface area (Å²) in [6.07, 6.45) is 1.40. The molecule has 0 fully saturated rings. The second-order valence-electron chi connectivity index (χ2n) is 8.04. The van der Waals surface area contributed by atoms with E-state index in [9.17, 15) is 4.79 Å². The van der Waals surface area contributed by atoms with Crippen LogP contribution in [0.3, 0.4) is 0 Å². The number of halogens is 1. The van der Waals surface area contributed by atoms with Gasteiger partial charge >= 0.3 is 0 Å². The zero-order chi connectivity index (χ0) is 21.7. The molecule has 4 nitrogen and oxygen atoms in total. The van der Waals surface area contributed by atoms with E-state index in [2.05, 4.69) is 62.1 Å². The minimum atomic E-state index is 0. The van der Waals surface area contributed by atoms with Crippen molar-refractivity contribution in [3.05, 3.63) is 53.1 Å². The number of amides is 1. The van der Waals surface area contributed by atoms with Crippen molar-refractivity contribution in [2.24, 2.45) is 0 Å². The highest BCUT2D eigenvalue weighted by Gasteiger charge is 2.20. The van der Waals surface area contributed by atoms with Gasteiger partial charge in [-0.05, 0) is 76.4 Å². The molecule has 31 heavy (non-hydrogen) atoms. The number of aryl methyl sites for hydroxylation is 3. The Morgan fingerprint density at radius 3 is 2.42 bits per heavy atom. The summed E-state index contributed by atoms with van der Waals surface area (Å²) in [5.41, 5.74) is 4.69. The summed E-state index contributed by atoms with van der Waals surface area (Å²) in [7, 11) is 4.07. The molecule has 0 saturated heterocycles. The molecule has 7 heteroatoms. The first-order valence-corrected chi connectivity index (χ1v) is 12.2. The fraction of sp³-hybridized carbons (Fsp3) is 0.417. The SMILES string of the molecule is Cc1ccc(SCCCC(=O)N(CCN(C)C)c2nc3cc(C)cc(C)c3s2)cc1.Cl. The molecule has 168 valence electrons. The van der Waals surface area contributed by atoms with Gasteiger partial charge in [0.25, 0.3) is 0 Å². The molecule has 0 radical (unpaired) electrons. The Labute approximate surface area is 200 Å². The number of nitrogens with zero attached hydrogens (tertiary/aromatic N) is 3.